The molecule has 2 aliphatic carbocycles. The number of rotatable bonds is 4. The molecule has 0 radical (unpaired) electrons. The molecule has 1 aromatic heterocycles. The summed E-state index contributed by atoms with van der Waals surface area (Å²) in [4.78, 5) is 12.4. The number of amides is 1. The SMILES string of the molecule is CS(=O)(=O)C1=CC=C(C(=O)Nc2cc(C3CC3)[nH]n2)C(=S)C1Cl. The van der Waals surface area contributed by atoms with Crippen molar-refractivity contribution in [2.45, 2.75) is 24.1 Å². The number of sulfone groups is 1. The van der Waals surface area contributed by atoms with Gasteiger partial charge in [-0.25, -0.2) is 8.42 Å². The number of nitrogens with zero attached hydrogens (tertiary/aromatic N) is 1. The normalized spacial score (nSPS) is 21.7. The summed E-state index contributed by atoms with van der Waals surface area (Å²) in [5, 5.41) is 8.55. The highest BCUT2D eigenvalue weighted by molar-refractivity contribution is 7.95. The van der Waals surface area contributed by atoms with E-state index in [1.807, 2.05) is 0 Å². The van der Waals surface area contributed by atoms with Crippen LogP contribution in [0.5, 0.6) is 0 Å². The summed E-state index contributed by atoms with van der Waals surface area (Å²) < 4.78 is 23.3. The van der Waals surface area contributed by atoms with Crippen molar-refractivity contribution in [3.63, 3.8) is 0 Å². The third-order valence-electron chi connectivity index (χ3n) is 3.69. The predicted octanol–water partition coefficient (Wildman–Crippen LogP) is 2.07. The van der Waals surface area contributed by atoms with Crippen molar-refractivity contribution >= 4 is 50.2 Å². The van der Waals surface area contributed by atoms with Gasteiger partial charge in [-0.2, -0.15) is 5.10 Å². The highest BCUT2D eigenvalue weighted by Gasteiger charge is 2.32. The van der Waals surface area contributed by atoms with E-state index in [0.717, 1.165) is 24.8 Å². The van der Waals surface area contributed by atoms with Crippen LogP contribution >= 0.6 is 23.8 Å². The van der Waals surface area contributed by atoms with Crippen molar-refractivity contribution in [3.05, 3.63) is 34.4 Å². The Kier molecular flexibility index (Phi) is 4.16. The zero-order chi connectivity index (χ0) is 16.8. The summed E-state index contributed by atoms with van der Waals surface area (Å²) in [6, 6.07) is 1.79. The van der Waals surface area contributed by atoms with Crippen LogP contribution in [-0.4, -0.2) is 41.0 Å². The first-order valence-corrected chi connectivity index (χ1v) is 9.68. The second-order valence-electron chi connectivity index (χ2n) is 5.59. The largest absolute Gasteiger partial charge is 0.305 e. The average Bonchev–Trinajstić information content (AvgIpc) is 3.21. The molecule has 2 N–H and O–H groups in total. The molecule has 0 saturated heterocycles. The molecule has 0 aliphatic heterocycles. The van der Waals surface area contributed by atoms with Crippen LogP contribution in [0.3, 0.4) is 0 Å². The Balaban J connectivity index is 1.79. The van der Waals surface area contributed by atoms with Crippen LogP contribution in [0.1, 0.15) is 24.5 Å². The number of aromatic nitrogens is 2. The molecule has 1 aromatic rings. The Hall–Kier alpha value is -1.51. The highest BCUT2D eigenvalue weighted by Crippen LogP contribution is 2.39. The van der Waals surface area contributed by atoms with Gasteiger partial charge >= 0.3 is 0 Å². The second kappa shape index (κ2) is 5.85. The van der Waals surface area contributed by atoms with Crippen molar-refractivity contribution in [2.75, 3.05) is 11.6 Å². The fourth-order valence-electron chi connectivity index (χ4n) is 2.28. The lowest BCUT2D eigenvalue weighted by atomic mass is 10.0. The van der Waals surface area contributed by atoms with E-state index in [-0.39, 0.29) is 15.3 Å². The fourth-order valence-corrected chi connectivity index (χ4v) is 4.13. The van der Waals surface area contributed by atoms with E-state index in [9.17, 15) is 13.2 Å². The zero-order valence-corrected chi connectivity index (χ0v) is 14.6. The van der Waals surface area contributed by atoms with Crippen molar-refractivity contribution in [1.82, 2.24) is 10.2 Å². The number of hydrogen-bond acceptors (Lipinski definition) is 5. The standard InChI is InChI=1S/C14H14ClN3O3S2/c1-23(20,21)10-5-4-8(13(22)12(10)15)14(19)16-11-6-9(17-18-11)7-2-3-7/h4-7,12H,2-3H2,1H3,(H2,16,17,18,19). The molecule has 9 heteroatoms. The summed E-state index contributed by atoms with van der Waals surface area (Å²) in [6.45, 7) is 0. The Labute approximate surface area is 143 Å². The van der Waals surface area contributed by atoms with Crippen molar-refractivity contribution < 1.29 is 13.2 Å². The number of allylic oxidation sites excluding steroid dienone is 3. The first kappa shape index (κ1) is 16.4. The van der Waals surface area contributed by atoms with Crippen molar-refractivity contribution in [3.8, 4) is 0 Å². The minimum atomic E-state index is -3.47. The number of anilines is 1. The van der Waals surface area contributed by atoms with Gasteiger partial charge in [-0.15, -0.1) is 11.6 Å². The maximum absolute atomic E-state index is 12.3. The van der Waals surface area contributed by atoms with Gasteiger partial charge in [0.1, 0.15) is 5.38 Å². The fraction of sp³-hybridized carbons (Fsp3) is 0.357. The van der Waals surface area contributed by atoms with E-state index in [2.05, 4.69) is 15.5 Å². The average molecular weight is 372 g/mol. The van der Waals surface area contributed by atoms with E-state index in [4.69, 9.17) is 23.8 Å². The Bertz CT molecular complexity index is 850. The lowest BCUT2D eigenvalue weighted by Gasteiger charge is -2.19. The van der Waals surface area contributed by atoms with Gasteiger partial charge in [0.15, 0.2) is 15.7 Å². The zero-order valence-electron chi connectivity index (χ0n) is 12.2. The molecular weight excluding hydrogens is 358 g/mol. The molecule has 1 atom stereocenters. The highest BCUT2D eigenvalue weighted by atomic mass is 35.5. The minimum absolute atomic E-state index is 0.00324. The van der Waals surface area contributed by atoms with Crippen LogP contribution in [-0.2, 0) is 14.6 Å². The summed E-state index contributed by atoms with van der Waals surface area (Å²) >= 11 is 11.2. The van der Waals surface area contributed by atoms with Crippen LogP contribution in [0.15, 0.2) is 28.7 Å². The number of carbonyl (C=O) groups excluding carboxylic acids is 1. The third-order valence-corrected chi connectivity index (χ3v) is 6.08. The van der Waals surface area contributed by atoms with Crippen LogP contribution in [0.2, 0.25) is 0 Å². The molecule has 6 nitrogen and oxygen atoms in total. The van der Waals surface area contributed by atoms with Gasteiger partial charge in [-0.05, 0) is 25.0 Å². The molecule has 1 fully saturated rings. The molecule has 1 saturated carbocycles. The third kappa shape index (κ3) is 3.39. The number of H-pyrrole nitrogens is 1. The van der Waals surface area contributed by atoms with E-state index < -0.39 is 21.1 Å². The van der Waals surface area contributed by atoms with E-state index >= 15 is 0 Å². The molecule has 0 aromatic carbocycles. The molecule has 2 aliphatic rings. The molecule has 3 rings (SSSR count). The molecule has 122 valence electrons. The number of aromatic amines is 1. The second-order valence-corrected chi connectivity index (χ2v) is 8.48. The minimum Gasteiger partial charge on any atom is -0.305 e. The smallest absolute Gasteiger partial charge is 0.258 e. The van der Waals surface area contributed by atoms with Crippen LogP contribution in [0.25, 0.3) is 0 Å². The molecular formula is C14H14ClN3O3S2. The van der Waals surface area contributed by atoms with Gasteiger partial charge in [0, 0.05) is 23.9 Å². The van der Waals surface area contributed by atoms with E-state index in [1.165, 1.54) is 12.2 Å². The molecule has 1 heterocycles. The topological polar surface area (TPSA) is 91.9 Å². The molecule has 0 spiro atoms. The number of carbonyl (C=O) groups is 1. The number of hydrogen-bond donors (Lipinski definition) is 2. The quantitative estimate of drug-likeness (QED) is 0.624. The Morgan fingerprint density at radius 3 is 2.74 bits per heavy atom. The number of nitrogens with one attached hydrogen (secondary N) is 2. The maximum Gasteiger partial charge on any atom is 0.258 e. The lowest BCUT2D eigenvalue weighted by Crippen LogP contribution is -2.30. The first-order valence-electron chi connectivity index (χ1n) is 6.94. The monoisotopic (exact) mass is 371 g/mol. The van der Waals surface area contributed by atoms with Crippen molar-refractivity contribution in [1.29, 1.82) is 0 Å². The van der Waals surface area contributed by atoms with Crippen LogP contribution < -0.4 is 5.32 Å². The van der Waals surface area contributed by atoms with Gasteiger partial charge in [-0.1, -0.05) is 12.2 Å². The van der Waals surface area contributed by atoms with Gasteiger partial charge < -0.3 is 5.32 Å². The number of halogens is 1. The summed E-state index contributed by atoms with van der Waals surface area (Å²) in [7, 11) is -3.47. The predicted molar refractivity (Wildman–Crippen MR) is 92.4 cm³/mol. The van der Waals surface area contributed by atoms with Gasteiger partial charge in [0.05, 0.1) is 15.3 Å². The molecule has 23 heavy (non-hydrogen) atoms. The van der Waals surface area contributed by atoms with Gasteiger partial charge in [0.25, 0.3) is 5.91 Å². The lowest BCUT2D eigenvalue weighted by molar-refractivity contribution is -0.112. The van der Waals surface area contributed by atoms with Crippen molar-refractivity contribution in [2.24, 2.45) is 0 Å². The Morgan fingerprint density at radius 1 is 1.43 bits per heavy atom. The summed E-state index contributed by atoms with van der Waals surface area (Å²) in [5.41, 5.74) is 1.17. The number of alkyl halides is 1. The maximum atomic E-state index is 12.3. The molecule has 0 bridgehead atoms. The van der Waals surface area contributed by atoms with Crippen LogP contribution in [0.4, 0.5) is 5.82 Å². The van der Waals surface area contributed by atoms with E-state index in [1.54, 1.807) is 6.07 Å². The molecule has 1 unspecified atom stereocenters. The van der Waals surface area contributed by atoms with E-state index in [0.29, 0.717) is 11.7 Å². The molecule has 1 amide bonds. The summed E-state index contributed by atoms with van der Waals surface area (Å²) in [5.74, 6) is 0.443. The first-order chi connectivity index (χ1) is 10.8. The van der Waals surface area contributed by atoms with Gasteiger partial charge in [-0.3, -0.25) is 9.89 Å². The van der Waals surface area contributed by atoms with Crippen LogP contribution in [0, 0.1) is 0 Å². The number of thiocarbonyl (C=S) groups is 1. The summed E-state index contributed by atoms with van der Waals surface area (Å²) in [6.07, 6.45) is 5.99. The van der Waals surface area contributed by atoms with Gasteiger partial charge in [0.2, 0.25) is 0 Å². The Morgan fingerprint density at radius 2 is 2.13 bits per heavy atom.